The van der Waals surface area contributed by atoms with E-state index in [1.165, 1.54) is 27.8 Å². The maximum Gasteiger partial charge on any atom is 0.0557 e. The van der Waals surface area contributed by atoms with Gasteiger partial charge in [-0.05, 0) is 132 Å². The maximum atomic E-state index is 3.41. The van der Waals surface area contributed by atoms with E-state index in [4.69, 9.17) is 0 Å². The van der Waals surface area contributed by atoms with Crippen LogP contribution >= 0.6 is 0 Å². The van der Waals surface area contributed by atoms with Gasteiger partial charge in [-0.15, -0.1) is 0 Å². The third-order valence-corrected chi connectivity index (χ3v) is 10.4. The van der Waals surface area contributed by atoms with E-state index in [0.717, 1.165) is 63.9 Å². The van der Waals surface area contributed by atoms with Crippen molar-refractivity contribution >= 4 is 45.5 Å². The second kappa shape index (κ2) is 14.5. The van der Waals surface area contributed by atoms with E-state index in [-0.39, 0.29) is 0 Å². The van der Waals surface area contributed by atoms with E-state index in [1.54, 1.807) is 0 Å². The lowest BCUT2D eigenvalue weighted by molar-refractivity contribution is 0.842. The first-order chi connectivity index (χ1) is 26.7. The molecule has 8 aromatic carbocycles. The molecule has 0 atom stereocenters. The molecule has 3 nitrogen and oxygen atoms in total. The smallest absolute Gasteiger partial charge is 0.0557 e. The second-order valence-electron chi connectivity index (χ2n) is 13.7. The van der Waals surface area contributed by atoms with Gasteiger partial charge in [0.15, 0.2) is 0 Å². The van der Waals surface area contributed by atoms with Crippen LogP contribution in [0.25, 0.3) is 22.3 Å². The van der Waals surface area contributed by atoms with Crippen molar-refractivity contribution in [2.45, 2.75) is 12.8 Å². The summed E-state index contributed by atoms with van der Waals surface area (Å²) in [5, 5.41) is 0. The van der Waals surface area contributed by atoms with Crippen molar-refractivity contribution < 1.29 is 0 Å². The van der Waals surface area contributed by atoms with Gasteiger partial charge in [0, 0.05) is 58.5 Å². The Morgan fingerprint density at radius 3 is 1.37 bits per heavy atom. The Morgan fingerprint density at radius 1 is 0.407 bits per heavy atom. The van der Waals surface area contributed by atoms with E-state index >= 15 is 0 Å². The molecule has 0 spiro atoms. The van der Waals surface area contributed by atoms with Crippen molar-refractivity contribution in [3.63, 3.8) is 0 Å². The summed E-state index contributed by atoms with van der Waals surface area (Å²) in [6, 6.07) is 75.7. The van der Waals surface area contributed by atoms with Crippen LogP contribution in [0.5, 0.6) is 0 Å². The monoisotopic (exact) mass is 693 g/mol. The summed E-state index contributed by atoms with van der Waals surface area (Å²) in [4.78, 5) is 6.82. The fraction of sp³-hybridized carbons (Fsp3) is 0.0588. The van der Waals surface area contributed by atoms with Gasteiger partial charge in [-0.3, -0.25) is 0 Å². The van der Waals surface area contributed by atoms with Gasteiger partial charge >= 0.3 is 0 Å². The van der Waals surface area contributed by atoms with Crippen molar-refractivity contribution in [1.82, 2.24) is 0 Å². The summed E-state index contributed by atoms with van der Waals surface area (Å²) >= 11 is 0. The van der Waals surface area contributed by atoms with Crippen molar-refractivity contribution in [3.8, 4) is 22.3 Å². The molecule has 0 N–H and O–H groups in total. The predicted molar refractivity (Wildman–Crippen MR) is 226 cm³/mol. The standard InChI is InChI=1S/C51H39N3/c1-52(42-15-5-2-6-16-42)43-28-23-38(24-29-43)39-25-30-46(31-26-39)53(44-17-7-3-8-18-44)47-32-34-48(35-33-47)54(45-19-9-4-10-20-45)49-21-11-14-41(37-49)50-22-12-13-40-27-36-51(40)50/h2-10,12-13,15-26,28-35,37H,27,36H2,1H3. The Balaban J connectivity index is 1.03. The van der Waals surface area contributed by atoms with Crippen molar-refractivity contribution in [1.29, 1.82) is 0 Å². The van der Waals surface area contributed by atoms with Crippen molar-refractivity contribution in [3.05, 3.63) is 217 Å². The van der Waals surface area contributed by atoms with E-state index in [2.05, 4.69) is 216 Å². The van der Waals surface area contributed by atoms with Gasteiger partial charge in [0.05, 0.1) is 5.69 Å². The molecule has 1 aliphatic carbocycles. The molecule has 0 heterocycles. The Morgan fingerprint density at radius 2 is 0.852 bits per heavy atom. The number of anilines is 8. The molecule has 1 aliphatic rings. The van der Waals surface area contributed by atoms with Crippen LogP contribution < -0.4 is 14.7 Å². The first-order valence-electron chi connectivity index (χ1n) is 18.5. The van der Waals surface area contributed by atoms with Crippen LogP contribution in [0.3, 0.4) is 0 Å². The molecule has 0 saturated carbocycles. The molecule has 0 radical (unpaired) electrons. The average molecular weight is 694 g/mol. The lowest BCUT2D eigenvalue weighted by Gasteiger charge is -2.28. The molecule has 54 heavy (non-hydrogen) atoms. The van der Waals surface area contributed by atoms with Gasteiger partial charge in [0.2, 0.25) is 0 Å². The predicted octanol–water partition coefficient (Wildman–Crippen LogP) is 13.4. The highest BCUT2D eigenvalue weighted by molar-refractivity contribution is 5.83. The molecule has 0 aromatic heterocycles. The highest BCUT2D eigenvalue weighted by Gasteiger charge is 2.20. The number of rotatable bonds is 10. The van der Waals surface area contributed by atoms with E-state index in [0.29, 0.717) is 0 Å². The van der Waals surface area contributed by atoms with Crippen LogP contribution in [0.15, 0.2) is 194 Å². The van der Waals surface area contributed by atoms with Crippen LogP contribution in [-0.2, 0) is 12.8 Å². The minimum Gasteiger partial charge on any atom is -0.345 e. The number of nitrogens with zero attached hydrogens (tertiary/aromatic N) is 3. The molecular weight excluding hydrogens is 655 g/mol. The SMILES string of the molecule is CN(c1ccccc1)c1ccc(-c2ccc(N(c3ccccc3)c3ccc(N(c4ccccc4)c4cc#cc(-c5cccc6c5CC6)c4)cc3)cc2)cc1. The summed E-state index contributed by atoms with van der Waals surface area (Å²) in [6.07, 6.45) is 2.27. The number of aryl methyl sites for hydroxylation is 1. The average Bonchev–Trinajstić information content (AvgIpc) is 3.23. The molecule has 3 heteroatoms. The molecule has 9 rings (SSSR count). The van der Waals surface area contributed by atoms with Gasteiger partial charge in [-0.25, -0.2) is 0 Å². The highest BCUT2D eigenvalue weighted by Crippen LogP contribution is 2.41. The highest BCUT2D eigenvalue weighted by atomic mass is 15.2. The normalized spacial score (nSPS) is 11.5. The molecule has 0 fully saturated rings. The quantitative estimate of drug-likeness (QED) is 0.141. The number of para-hydroxylation sites is 3. The van der Waals surface area contributed by atoms with Crippen LogP contribution in [0.4, 0.5) is 45.5 Å². The van der Waals surface area contributed by atoms with Gasteiger partial charge < -0.3 is 14.7 Å². The van der Waals surface area contributed by atoms with E-state index in [9.17, 15) is 0 Å². The summed E-state index contributed by atoms with van der Waals surface area (Å²) in [5.41, 5.74) is 16.4. The first-order valence-corrected chi connectivity index (χ1v) is 18.5. The molecule has 0 amide bonds. The lowest BCUT2D eigenvalue weighted by Crippen LogP contribution is -2.12. The molecule has 258 valence electrons. The molecule has 0 unspecified atom stereocenters. The summed E-state index contributed by atoms with van der Waals surface area (Å²) in [5.74, 6) is 0. The molecular formula is C51H39N3. The van der Waals surface area contributed by atoms with Gasteiger partial charge in [0.25, 0.3) is 0 Å². The van der Waals surface area contributed by atoms with E-state index in [1.807, 2.05) is 12.1 Å². The van der Waals surface area contributed by atoms with Gasteiger partial charge in [0.1, 0.15) is 0 Å². The zero-order valence-electron chi connectivity index (χ0n) is 30.2. The third-order valence-electron chi connectivity index (χ3n) is 10.4. The lowest BCUT2D eigenvalue weighted by atomic mass is 9.83. The fourth-order valence-corrected chi connectivity index (χ4v) is 7.47. The molecule has 0 saturated heterocycles. The number of fused-ring (bicyclic) bond motifs is 1. The zero-order chi connectivity index (χ0) is 36.3. The second-order valence-corrected chi connectivity index (χ2v) is 13.7. The fourth-order valence-electron chi connectivity index (χ4n) is 7.47. The summed E-state index contributed by atoms with van der Waals surface area (Å²) in [6.45, 7) is 0. The van der Waals surface area contributed by atoms with Crippen LogP contribution in [0.1, 0.15) is 11.1 Å². The van der Waals surface area contributed by atoms with E-state index < -0.39 is 0 Å². The molecule has 0 bridgehead atoms. The Kier molecular flexibility index (Phi) is 8.85. The topological polar surface area (TPSA) is 9.72 Å². The van der Waals surface area contributed by atoms with Gasteiger partial charge in [-0.2, -0.15) is 0 Å². The van der Waals surface area contributed by atoms with Gasteiger partial charge in [-0.1, -0.05) is 109 Å². The summed E-state index contributed by atoms with van der Waals surface area (Å²) in [7, 11) is 2.10. The number of hydrogen-bond acceptors (Lipinski definition) is 3. The zero-order valence-corrected chi connectivity index (χ0v) is 30.2. The molecule has 8 aromatic rings. The molecule has 0 aliphatic heterocycles. The Bertz CT molecular complexity index is 2480. The van der Waals surface area contributed by atoms with Crippen LogP contribution in [0.2, 0.25) is 0 Å². The number of benzene rings is 7. The van der Waals surface area contributed by atoms with Crippen molar-refractivity contribution in [2.75, 3.05) is 21.7 Å². The van der Waals surface area contributed by atoms with Crippen LogP contribution in [-0.4, -0.2) is 7.05 Å². The van der Waals surface area contributed by atoms with Crippen molar-refractivity contribution in [2.24, 2.45) is 0 Å². The largest absolute Gasteiger partial charge is 0.345 e. The summed E-state index contributed by atoms with van der Waals surface area (Å²) < 4.78 is 0. The number of hydrogen-bond donors (Lipinski definition) is 0. The first kappa shape index (κ1) is 32.9. The third kappa shape index (κ3) is 6.47. The Hall–Kier alpha value is -7.02. The minimum atomic E-state index is 1.05. The maximum absolute atomic E-state index is 3.41. The minimum absolute atomic E-state index is 1.05. The Labute approximate surface area is 318 Å². The van der Waals surface area contributed by atoms with Crippen LogP contribution in [0, 0.1) is 12.1 Å².